The highest BCUT2D eigenvalue weighted by molar-refractivity contribution is 6.33. The van der Waals surface area contributed by atoms with Crippen LogP contribution in [0.25, 0.3) is 0 Å². The summed E-state index contributed by atoms with van der Waals surface area (Å²) in [5.41, 5.74) is 1.50. The van der Waals surface area contributed by atoms with Gasteiger partial charge < -0.3 is 5.32 Å². The highest BCUT2D eigenvalue weighted by Gasteiger charge is 2.16. The summed E-state index contributed by atoms with van der Waals surface area (Å²) in [6.07, 6.45) is 1.83. The van der Waals surface area contributed by atoms with Gasteiger partial charge in [0.25, 0.3) is 5.91 Å². The summed E-state index contributed by atoms with van der Waals surface area (Å²) in [5, 5.41) is 3.44. The van der Waals surface area contributed by atoms with Crippen LogP contribution in [0.2, 0.25) is 10.3 Å². The number of hydrogen-bond donors (Lipinski definition) is 1. The highest BCUT2D eigenvalue weighted by atomic mass is 35.5. The molecule has 1 aromatic heterocycles. The van der Waals surface area contributed by atoms with Crippen LogP contribution in [0, 0.1) is 0 Å². The molecular formula is C16H16Cl2N2O. The van der Waals surface area contributed by atoms with E-state index in [9.17, 15) is 4.79 Å². The van der Waals surface area contributed by atoms with Crippen molar-refractivity contribution in [3.05, 3.63) is 63.9 Å². The number of halogens is 2. The van der Waals surface area contributed by atoms with Crippen molar-refractivity contribution in [2.24, 2.45) is 0 Å². The Morgan fingerprint density at radius 2 is 1.81 bits per heavy atom. The maximum atomic E-state index is 12.4. The predicted octanol–water partition coefficient (Wildman–Crippen LogP) is 4.66. The quantitative estimate of drug-likeness (QED) is 0.813. The Kier molecular flexibility index (Phi) is 5.59. The van der Waals surface area contributed by atoms with Crippen molar-refractivity contribution in [1.82, 2.24) is 10.3 Å². The topological polar surface area (TPSA) is 42.0 Å². The van der Waals surface area contributed by atoms with Crippen molar-refractivity contribution >= 4 is 29.1 Å². The molecule has 0 spiro atoms. The van der Waals surface area contributed by atoms with Gasteiger partial charge in [-0.05, 0) is 24.1 Å². The summed E-state index contributed by atoms with van der Waals surface area (Å²) < 4.78 is 0. The maximum absolute atomic E-state index is 12.4. The molecule has 0 saturated heterocycles. The van der Waals surface area contributed by atoms with Crippen LogP contribution in [-0.4, -0.2) is 10.9 Å². The lowest BCUT2D eigenvalue weighted by Crippen LogP contribution is -2.28. The SMILES string of the molecule is CCCC(NC(=O)c1cc(Cl)nc(Cl)c1)c1ccccc1. The van der Waals surface area contributed by atoms with E-state index in [0.29, 0.717) is 5.56 Å². The fourth-order valence-corrected chi connectivity index (χ4v) is 2.59. The first kappa shape index (κ1) is 15.8. The number of benzene rings is 1. The minimum atomic E-state index is -0.205. The number of amides is 1. The zero-order valence-electron chi connectivity index (χ0n) is 11.6. The van der Waals surface area contributed by atoms with Gasteiger partial charge in [-0.1, -0.05) is 66.9 Å². The van der Waals surface area contributed by atoms with Gasteiger partial charge in [0.15, 0.2) is 0 Å². The van der Waals surface area contributed by atoms with Crippen molar-refractivity contribution in [2.75, 3.05) is 0 Å². The Bertz CT molecular complexity index is 597. The van der Waals surface area contributed by atoms with E-state index in [2.05, 4.69) is 17.2 Å². The Balaban J connectivity index is 2.18. The Morgan fingerprint density at radius 3 is 2.38 bits per heavy atom. The predicted molar refractivity (Wildman–Crippen MR) is 85.8 cm³/mol. The second-order valence-electron chi connectivity index (χ2n) is 4.73. The van der Waals surface area contributed by atoms with Gasteiger partial charge >= 0.3 is 0 Å². The van der Waals surface area contributed by atoms with E-state index in [1.165, 1.54) is 12.1 Å². The van der Waals surface area contributed by atoms with Crippen molar-refractivity contribution < 1.29 is 4.79 Å². The lowest BCUT2D eigenvalue weighted by molar-refractivity contribution is 0.0934. The molecule has 1 unspecified atom stereocenters. The number of nitrogens with one attached hydrogen (secondary N) is 1. The third kappa shape index (κ3) is 4.45. The minimum absolute atomic E-state index is 0.0329. The third-order valence-corrected chi connectivity index (χ3v) is 3.50. The molecule has 0 bridgehead atoms. The Morgan fingerprint density at radius 1 is 1.19 bits per heavy atom. The zero-order valence-corrected chi connectivity index (χ0v) is 13.2. The monoisotopic (exact) mass is 322 g/mol. The van der Waals surface area contributed by atoms with Gasteiger partial charge in [0, 0.05) is 5.56 Å². The molecule has 1 aromatic carbocycles. The molecule has 1 N–H and O–H groups in total. The van der Waals surface area contributed by atoms with Gasteiger partial charge in [-0.2, -0.15) is 0 Å². The standard InChI is InChI=1S/C16H16Cl2N2O/c1-2-6-13(11-7-4-3-5-8-11)19-16(21)12-9-14(17)20-15(18)10-12/h3-5,7-10,13H,2,6H2,1H3,(H,19,21). The molecule has 2 aromatic rings. The number of rotatable bonds is 5. The molecular weight excluding hydrogens is 307 g/mol. The average Bonchev–Trinajstić information content (AvgIpc) is 2.46. The fourth-order valence-electron chi connectivity index (χ4n) is 2.13. The second kappa shape index (κ2) is 7.43. The number of hydrogen-bond acceptors (Lipinski definition) is 2. The largest absolute Gasteiger partial charge is 0.345 e. The van der Waals surface area contributed by atoms with Crippen molar-refractivity contribution in [3.63, 3.8) is 0 Å². The molecule has 1 atom stereocenters. The molecule has 0 saturated carbocycles. The average molecular weight is 323 g/mol. The van der Waals surface area contributed by atoms with Crippen LogP contribution in [0.4, 0.5) is 0 Å². The summed E-state index contributed by atoms with van der Waals surface area (Å²) >= 11 is 11.7. The maximum Gasteiger partial charge on any atom is 0.251 e. The third-order valence-electron chi connectivity index (χ3n) is 3.11. The normalized spacial score (nSPS) is 12.0. The number of carbonyl (C=O) groups excluding carboxylic acids is 1. The molecule has 0 aliphatic carbocycles. The first-order chi connectivity index (χ1) is 10.1. The smallest absolute Gasteiger partial charge is 0.251 e. The molecule has 0 fully saturated rings. The van der Waals surface area contributed by atoms with E-state index >= 15 is 0 Å². The first-order valence-corrected chi connectivity index (χ1v) is 7.54. The molecule has 1 heterocycles. The van der Waals surface area contributed by atoms with Gasteiger partial charge in [0.2, 0.25) is 0 Å². The van der Waals surface area contributed by atoms with Gasteiger partial charge in [-0.25, -0.2) is 4.98 Å². The van der Waals surface area contributed by atoms with E-state index in [0.717, 1.165) is 18.4 Å². The van der Waals surface area contributed by atoms with Gasteiger partial charge in [-0.3, -0.25) is 4.79 Å². The van der Waals surface area contributed by atoms with Crippen LogP contribution in [0.5, 0.6) is 0 Å². The zero-order chi connectivity index (χ0) is 15.2. The van der Waals surface area contributed by atoms with Crippen LogP contribution in [0.1, 0.15) is 41.7 Å². The Hall–Kier alpha value is -1.58. The fraction of sp³-hybridized carbons (Fsp3) is 0.250. The van der Waals surface area contributed by atoms with Crippen LogP contribution >= 0.6 is 23.2 Å². The summed E-state index contributed by atoms with van der Waals surface area (Å²) in [4.78, 5) is 16.2. The summed E-state index contributed by atoms with van der Waals surface area (Å²) in [5.74, 6) is -0.205. The molecule has 2 rings (SSSR count). The lowest BCUT2D eigenvalue weighted by Gasteiger charge is -2.18. The van der Waals surface area contributed by atoms with Crippen molar-refractivity contribution in [2.45, 2.75) is 25.8 Å². The number of carbonyl (C=O) groups is 1. The van der Waals surface area contributed by atoms with Gasteiger partial charge in [0.1, 0.15) is 10.3 Å². The van der Waals surface area contributed by atoms with E-state index in [4.69, 9.17) is 23.2 Å². The molecule has 0 radical (unpaired) electrons. The lowest BCUT2D eigenvalue weighted by atomic mass is 10.0. The van der Waals surface area contributed by atoms with Gasteiger partial charge in [-0.15, -0.1) is 0 Å². The van der Waals surface area contributed by atoms with Crippen LogP contribution in [-0.2, 0) is 0 Å². The molecule has 5 heteroatoms. The molecule has 0 aliphatic rings. The number of aromatic nitrogens is 1. The molecule has 3 nitrogen and oxygen atoms in total. The second-order valence-corrected chi connectivity index (χ2v) is 5.50. The van der Waals surface area contributed by atoms with E-state index in [-0.39, 0.29) is 22.3 Å². The summed E-state index contributed by atoms with van der Waals surface area (Å²) in [6.45, 7) is 2.09. The Labute approximate surface area is 134 Å². The van der Waals surface area contributed by atoms with Crippen LogP contribution < -0.4 is 5.32 Å². The molecule has 1 amide bonds. The van der Waals surface area contributed by atoms with Gasteiger partial charge in [0.05, 0.1) is 6.04 Å². The minimum Gasteiger partial charge on any atom is -0.345 e. The molecule has 21 heavy (non-hydrogen) atoms. The van der Waals surface area contributed by atoms with E-state index in [1.54, 1.807) is 0 Å². The van der Waals surface area contributed by atoms with Crippen molar-refractivity contribution in [1.29, 1.82) is 0 Å². The van der Waals surface area contributed by atoms with Crippen molar-refractivity contribution in [3.8, 4) is 0 Å². The number of pyridine rings is 1. The van der Waals surface area contributed by atoms with E-state index < -0.39 is 0 Å². The molecule has 110 valence electrons. The highest BCUT2D eigenvalue weighted by Crippen LogP contribution is 2.20. The summed E-state index contributed by atoms with van der Waals surface area (Å²) in [6, 6.07) is 12.9. The van der Waals surface area contributed by atoms with Crippen LogP contribution in [0.15, 0.2) is 42.5 Å². The number of nitrogens with zero attached hydrogens (tertiary/aromatic N) is 1. The van der Waals surface area contributed by atoms with Crippen LogP contribution in [0.3, 0.4) is 0 Å². The molecule has 0 aliphatic heterocycles. The summed E-state index contributed by atoms with van der Waals surface area (Å²) in [7, 11) is 0. The van der Waals surface area contributed by atoms with E-state index in [1.807, 2.05) is 30.3 Å². The first-order valence-electron chi connectivity index (χ1n) is 6.79.